The van der Waals surface area contributed by atoms with Gasteiger partial charge in [-0.05, 0) is 85.5 Å². The lowest BCUT2D eigenvalue weighted by Crippen LogP contribution is -2.55. The Morgan fingerprint density at radius 1 is 1.04 bits per heavy atom. The highest BCUT2D eigenvalue weighted by Crippen LogP contribution is 2.72. The summed E-state index contributed by atoms with van der Waals surface area (Å²) >= 11 is 0. The fourth-order valence-corrected chi connectivity index (χ4v) is 8.34. The molecule has 0 aromatic rings. The van der Waals surface area contributed by atoms with E-state index in [0.29, 0.717) is 36.1 Å². The second-order valence-corrected chi connectivity index (χ2v) is 10.5. The van der Waals surface area contributed by atoms with Crippen molar-refractivity contribution in [1.29, 1.82) is 0 Å². The first-order valence-corrected chi connectivity index (χ1v) is 10.7. The molecule has 1 heterocycles. The van der Waals surface area contributed by atoms with Gasteiger partial charge in [0.05, 0.1) is 12.0 Å². The SMILES string of the molecule is CC1CC2=CC(=O)CCC2(C)C2CCC3(C)C(CC[C@@]34CCOC4=O)C12. The number of ketones is 1. The highest BCUT2D eigenvalue weighted by molar-refractivity contribution is 5.91. The van der Waals surface area contributed by atoms with Gasteiger partial charge in [-0.3, -0.25) is 9.59 Å². The lowest BCUT2D eigenvalue weighted by molar-refractivity contribution is -0.158. The van der Waals surface area contributed by atoms with Crippen LogP contribution in [-0.2, 0) is 14.3 Å². The number of ether oxygens (including phenoxy) is 1. The van der Waals surface area contributed by atoms with Crippen molar-refractivity contribution in [2.75, 3.05) is 6.61 Å². The molecule has 1 saturated heterocycles. The van der Waals surface area contributed by atoms with Crippen LogP contribution < -0.4 is 0 Å². The number of esters is 1. The molecule has 3 saturated carbocycles. The highest BCUT2D eigenvalue weighted by atomic mass is 16.5. The molecule has 0 radical (unpaired) electrons. The molecular weight excluding hydrogens is 324 g/mol. The zero-order valence-corrected chi connectivity index (χ0v) is 16.5. The molecule has 1 aliphatic heterocycles. The van der Waals surface area contributed by atoms with Gasteiger partial charge in [-0.2, -0.15) is 0 Å². The van der Waals surface area contributed by atoms with E-state index in [-0.39, 0.29) is 22.2 Å². The van der Waals surface area contributed by atoms with Crippen molar-refractivity contribution in [3.8, 4) is 0 Å². The quantitative estimate of drug-likeness (QED) is 0.591. The van der Waals surface area contributed by atoms with Crippen LogP contribution in [0.1, 0.15) is 72.1 Å². The molecule has 4 fully saturated rings. The third-order valence-electron chi connectivity index (χ3n) is 9.83. The maximum Gasteiger partial charge on any atom is 0.312 e. The second-order valence-electron chi connectivity index (χ2n) is 10.5. The second kappa shape index (κ2) is 5.23. The van der Waals surface area contributed by atoms with Gasteiger partial charge in [0, 0.05) is 6.42 Å². The largest absolute Gasteiger partial charge is 0.465 e. The predicted molar refractivity (Wildman–Crippen MR) is 99.3 cm³/mol. The Labute approximate surface area is 156 Å². The molecular formula is C23H32O3. The Hall–Kier alpha value is -1.12. The molecule has 26 heavy (non-hydrogen) atoms. The molecule has 7 atom stereocenters. The van der Waals surface area contributed by atoms with E-state index in [0.717, 1.165) is 38.5 Å². The van der Waals surface area contributed by atoms with E-state index in [2.05, 4.69) is 20.8 Å². The van der Waals surface area contributed by atoms with Gasteiger partial charge in [0.15, 0.2) is 5.78 Å². The van der Waals surface area contributed by atoms with Crippen molar-refractivity contribution in [2.24, 2.45) is 39.9 Å². The zero-order valence-electron chi connectivity index (χ0n) is 16.5. The molecule has 5 rings (SSSR count). The smallest absolute Gasteiger partial charge is 0.312 e. The fourth-order valence-electron chi connectivity index (χ4n) is 8.34. The van der Waals surface area contributed by atoms with Crippen LogP contribution in [0.2, 0.25) is 0 Å². The number of hydrogen-bond donors (Lipinski definition) is 0. The van der Waals surface area contributed by atoms with Crippen LogP contribution >= 0.6 is 0 Å². The summed E-state index contributed by atoms with van der Waals surface area (Å²) in [5.41, 5.74) is 1.54. The van der Waals surface area contributed by atoms with E-state index < -0.39 is 0 Å². The first kappa shape index (κ1) is 17.0. The maximum atomic E-state index is 12.8. The third-order valence-corrected chi connectivity index (χ3v) is 9.83. The molecule has 3 nitrogen and oxygen atoms in total. The first-order valence-electron chi connectivity index (χ1n) is 10.7. The summed E-state index contributed by atoms with van der Waals surface area (Å²) in [6.07, 6.45) is 10.3. The summed E-state index contributed by atoms with van der Waals surface area (Å²) in [5.74, 6) is 3.05. The van der Waals surface area contributed by atoms with Gasteiger partial charge in [0.25, 0.3) is 0 Å². The molecule has 5 aliphatic rings. The number of cyclic esters (lactones) is 1. The average Bonchev–Trinajstić information content (AvgIpc) is 3.12. The van der Waals surface area contributed by atoms with Gasteiger partial charge in [-0.25, -0.2) is 0 Å². The van der Waals surface area contributed by atoms with Crippen LogP contribution in [0.3, 0.4) is 0 Å². The average molecular weight is 357 g/mol. The Kier molecular flexibility index (Phi) is 3.42. The normalized spacial score (nSPS) is 53.0. The number of hydrogen-bond acceptors (Lipinski definition) is 3. The third kappa shape index (κ3) is 1.85. The monoisotopic (exact) mass is 356 g/mol. The lowest BCUT2D eigenvalue weighted by Gasteiger charge is -2.61. The number of allylic oxidation sites excluding steroid dienone is 1. The molecule has 142 valence electrons. The Morgan fingerprint density at radius 3 is 2.54 bits per heavy atom. The standard InChI is InChI=1S/C23H32O3/c1-14-12-15-13-16(24)4-7-21(15,2)17-5-8-22(3)18(19(14)17)6-9-23(22)10-11-26-20(23)25/h13-14,17-19H,4-12H2,1-3H3/t14?,17?,18?,19?,21?,22?,23-/m0/s1. The van der Waals surface area contributed by atoms with E-state index in [4.69, 9.17) is 4.74 Å². The first-order chi connectivity index (χ1) is 12.3. The number of fused-ring (bicyclic) bond motifs is 6. The molecule has 3 heteroatoms. The Bertz CT molecular complexity index is 708. The van der Waals surface area contributed by atoms with E-state index in [1.165, 1.54) is 18.4 Å². The summed E-state index contributed by atoms with van der Waals surface area (Å²) in [4.78, 5) is 24.8. The minimum atomic E-state index is -0.206. The molecule has 0 N–H and O–H groups in total. The van der Waals surface area contributed by atoms with Crippen molar-refractivity contribution in [1.82, 2.24) is 0 Å². The minimum Gasteiger partial charge on any atom is -0.465 e. The maximum absolute atomic E-state index is 12.8. The minimum absolute atomic E-state index is 0.0967. The molecule has 0 aromatic heterocycles. The highest BCUT2D eigenvalue weighted by Gasteiger charge is 2.69. The van der Waals surface area contributed by atoms with Crippen molar-refractivity contribution in [2.45, 2.75) is 72.1 Å². The molecule has 1 spiro atoms. The van der Waals surface area contributed by atoms with Crippen LogP contribution in [0.15, 0.2) is 11.6 Å². The van der Waals surface area contributed by atoms with Crippen molar-refractivity contribution < 1.29 is 14.3 Å². The number of rotatable bonds is 0. The number of carbonyl (C=O) groups excluding carboxylic acids is 2. The van der Waals surface area contributed by atoms with Crippen LogP contribution in [-0.4, -0.2) is 18.4 Å². The van der Waals surface area contributed by atoms with Gasteiger partial charge in [-0.15, -0.1) is 0 Å². The zero-order chi connectivity index (χ0) is 18.3. The summed E-state index contributed by atoms with van der Waals surface area (Å²) in [5, 5.41) is 0. The summed E-state index contributed by atoms with van der Waals surface area (Å²) in [6, 6.07) is 0. The Morgan fingerprint density at radius 2 is 1.81 bits per heavy atom. The van der Waals surface area contributed by atoms with Gasteiger partial charge < -0.3 is 4.74 Å². The summed E-state index contributed by atoms with van der Waals surface area (Å²) in [7, 11) is 0. The van der Waals surface area contributed by atoms with Crippen LogP contribution in [0.25, 0.3) is 0 Å². The van der Waals surface area contributed by atoms with Gasteiger partial charge in [-0.1, -0.05) is 26.3 Å². The van der Waals surface area contributed by atoms with Crippen molar-refractivity contribution in [3.05, 3.63) is 11.6 Å². The van der Waals surface area contributed by atoms with E-state index in [9.17, 15) is 9.59 Å². The summed E-state index contributed by atoms with van der Waals surface area (Å²) in [6.45, 7) is 7.88. The predicted octanol–water partition coefficient (Wildman–Crippen LogP) is 4.70. The van der Waals surface area contributed by atoms with Gasteiger partial charge in [0.2, 0.25) is 0 Å². The topological polar surface area (TPSA) is 43.4 Å². The molecule has 0 amide bonds. The molecule has 6 unspecified atom stereocenters. The molecule has 0 bridgehead atoms. The van der Waals surface area contributed by atoms with Crippen LogP contribution in [0, 0.1) is 39.9 Å². The fraction of sp³-hybridized carbons (Fsp3) is 0.826. The molecule has 4 aliphatic carbocycles. The lowest BCUT2D eigenvalue weighted by atomic mass is 9.43. The van der Waals surface area contributed by atoms with E-state index >= 15 is 0 Å². The van der Waals surface area contributed by atoms with Gasteiger partial charge >= 0.3 is 5.97 Å². The van der Waals surface area contributed by atoms with Gasteiger partial charge in [0.1, 0.15) is 0 Å². The van der Waals surface area contributed by atoms with Crippen molar-refractivity contribution >= 4 is 11.8 Å². The molecule has 0 aromatic carbocycles. The number of carbonyl (C=O) groups is 2. The summed E-state index contributed by atoms with van der Waals surface area (Å²) < 4.78 is 5.50. The van der Waals surface area contributed by atoms with Crippen LogP contribution in [0.4, 0.5) is 0 Å². The van der Waals surface area contributed by atoms with Crippen LogP contribution in [0.5, 0.6) is 0 Å². The van der Waals surface area contributed by atoms with Crippen molar-refractivity contribution in [3.63, 3.8) is 0 Å². The van der Waals surface area contributed by atoms with E-state index in [1.807, 2.05) is 6.08 Å². The Balaban J connectivity index is 1.55. The van der Waals surface area contributed by atoms with E-state index in [1.54, 1.807) is 0 Å².